The van der Waals surface area contributed by atoms with Crippen molar-refractivity contribution in [2.75, 3.05) is 26.2 Å². The van der Waals surface area contributed by atoms with Crippen molar-refractivity contribution in [1.82, 2.24) is 14.8 Å². The Morgan fingerprint density at radius 1 is 1.20 bits per heavy atom. The highest BCUT2D eigenvalue weighted by molar-refractivity contribution is 7.15. The Balaban J connectivity index is 1.13. The summed E-state index contributed by atoms with van der Waals surface area (Å²) in [4.78, 5) is 11.4. The number of hydrogen-bond acceptors (Lipinski definition) is 6. The second-order valence-corrected chi connectivity index (χ2v) is 10.2. The van der Waals surface area contributed by atoms with E-state index in [2.05, 4.69) is 41.0 Å². The van der Waals surface area contributed by atoms with Crippen LogP contribution in [0.5, 0.6) is 5.75 Å². The number of thiazole rings is 1. The molecule has 1 aliphatic carbocycles. The molecule has 2 aliphatic heterocycles. The molecule has 0 bridgehead atoms. The standard InChI is InChI=1S/C24H33N3O2S/c1-17-4-2-10-26(17)11-3-13-29-21-7-5-18(6-8-21)24-25-22-9-12-27(16-23(22)30-24)19-14-20(28)15-19/h5-8,17,19-20,28H,2-4,9-16H2,1H3. The van der Waals surface area contributed by atoms with Gasteiger partial charge in [-0.05, 0) is 69.8 Å². The molecule has 1 aromatic heterocycles. The van der Waals surface area contributed by atoms with Gasteiger partial charge >= 0.3 is 0 Å². The van der Waals surface area contributed by atoms with Gasteiger partial charge in [-0.25, -0.2) is 4.98 Å². The highest BCUT2D eigenvalue weighted by Crippen LogP contribution is 2.35. The normalized spacial score (nSPS) is 27.1. The molecule has 5 rings (SSSR count). The maximum Gasteiger partial charge on any atom is 0.123 e. The van der Waals surface area contributed by atoms with Gasteiger partial charge in [0.2, 0.25) is 0 Å². The molecule has 5 nitrogen and oxygen atoms in total. The third-order valence-corrected chi connectivity index (χ3v) is 8.15. The first-order valence-corrected chi connectivity index (χ1v) is 12.4. The van der Waals surface area contributed by atoms with Crippen molar-refractivity contribution in [2.45, 2.75) is 70.2 Å². The third kappa shape index (κ3) is 4.42. The van der Waals surface area contributed by atoms with Crippen molar-refractivity contribution in [3.63, 3.8) is 0 Å². The molecule has 6 heteroatoms. The van der Waals surface area contributed by atoms with Gasteiger partial charge in [0.05, 0.1) is 18.4 Å². The van der Waals surface area contributed by atoms with Crippen molar-refractivity contribution in [1.29, 1.82) is 0 Å². The lowest BCUT2D eigenvalue weighted by Gasteiger charge is -2.42. The Morgan fingerprint density at radius 2 is 2.03 bits per heavy atom. The van der Waals surface area contributed by atoms with Gasteiger partial charge in [-0.3, -0.25) is 4.90 Å². The van der Waals surface area contributed by atoms with Crippen LogP contribution in [-0.2, 0) is 13.0 Å². The number of benzene rings is 1. The molecule has 1 unspecified atom stereocenters. The van der Waals surface area contributed by atoms with Gasteiger partial charge in [0.1, 0.15) is 10.8 Å². The number of fused-ring (bicyclic) bond motifs is 1. The van der Waals surface area contributed by atoms with E-state index in [0.29, 0.717) is 6.04 Å². The van der Waals surface area contributed by atoms with Crippen molar-refractivity contribution >= 4 is 11.3 Å². The maximum atomic E-state index is 9.60. The quantitative estimate of drug-likeness (QED) is 0.678. The average Bonchev–Trinajstić information content (AvgIpc) is 3.34. The molecule has 1 saturated heterocycles. The predicted octanol–water partition coefficient (Wildman–Crippen LogP) is 3.94. The van der Waals surface area contributed by atoms with Gasteiger partial charge in [-0.15, -0.1) is 11.3 Å². The van der Waals surface area contributed by atoms with E-state index >= 15 is 0 Å². The molecule has 2 fully saturated rings. The molecule has 0 radical (unpaired) electrons. The Morgan fingerprint density at radius 3 is 2.77 bits per heavy atom. The van der Waals surface area contributed by atoms with Crippen LogP contribution in [0.15, 0.2) is 24.3 Å². The summed E-state index contributed by atoms with van der Waals surface area (Å²) in [5, 5.41) is 10.7. The van der Waals surface area contributed by atoms with Crippen LogP contribution in [0.4, 0.5) is 0 Å². The fourth-order valence-corrected chi connectivity index (χ4v) is 6.12. The van der Waals surface area contributed by atoms with Gasteiger partial charge in [-0.2, -0.15) is 0 Å². The summed E-state index contributed by atoms with van der Waals surface area (Å²) in [7, 11) is 0. The van der Waals surface area contributed by atoms with Crippen LogP contribution in [0.1, 0.15) is 49.6 Å². The van der Waals surface area contributed by atoms with E-state index in [1.807, 2.05) is 11.3 Å². The van der Waals surface area contributed by atoms with Gasteiger partial charge < -0.3 is 14.7 Å². The van der Waals surface area contributed by atoms with Crippen LogP contribution >= 0.6 is 11.3 Å². The molecular weight excluding hydrogens is 394 g/mol. The van der Waals surface area contributed by atoms with E-state index < -0.39 is 0 Å². The van der Waals surface area contributed by atoms with Crippen molar-refractivity contribution < 1.29 is 9.84 Å². The monoisotopic (exact) mass is 427 g/mol. The second kappa shape index (κ2) is 8.95. The molecular formula is C24H33N3O2S. The summed E-state index contributed by atoms with van der Waals surface area (Å²) in [5.74, 6) is 0.948. The van der Waals surface area contributed by atoms with Crippen LogP contribution in [0.3, 0.4) is 0 Å². The molecule has 2 aromatic rings. The molecule has 0 spiro atoms. The molecule has 3 aliphatic rings. The summed E-state index contributed by atoms with van der Waals surface area (Å²) in [6.07, 6.45) is 6.56. The highest BCUT2D eigenvalue weighted by Gasteiger charge is 2.34. The lowest BCUT2D eigenvalue weighted by Crippen LogP contribution is -2.48. The topological polar surface area (TPSA) is 48.8 Å². The van der Waals surface area contributed by atoms with Gasteiger partial charge in [0.25, 0.3) is 0 Å². The SMILES string of the molecule is CC1CCCN1CCCOc1ccc(-c2nc3c(s2)CN(C2CC(O)C2)CC3)cc1. The summed E-state index contributed by atoms with van der Waals surface area (Å²) in [6.45, 7) is 7.55. The Hall–Kier alpha value is -1.47. The lowest BCUT2D eigenvalue weighted by molar-refractivity contribution is -0.00377. The molecule has 3 heterocycles. The first-order valence-electron chi connectivity index (χ1n) is 11.5. The number of aliphatic hydroxyl groups excluding tert-OH is 1. The summed E-state index contributed by atoms with van der Waals surface area (Å²) < 4.78 is 5.97. The van der Waals surface area contributed by atoms with E-state index in [9.17, 15) is 5.11 Å². The Kier molecular flexibility index (Phi) is 6.10. The minimum atomic E-state index is -0.0852. The van der Waals surface area contributed by atoms with E-state index in [0.717, 1.165) is 68.7 Å². The lowest BCUT2D eigenvalue weighted by atomic mass is 9.87. The van der Waals surface area contributed by atoms with Crippen molar-refractivity contribution in [2.24, 2.45) is 0 Å². The number of likely N-dealkylation sites (tertiary alicyclic amines) is 1. The molecule has 30 heavy (non-hydrogen) atoms. The van der Waals surface area contributed by atoms with Crippen LogP contribution in [0.25, 0.3) is 10.6 Å². The summed E-state index contributed by atoms with van der Waals surface area (Å²) in [5.41, 5.74) is 2.45. The van der Waals surface area contributed by atoms with E-state index in [1.165, 1.54) is 35.5 Å². The molecule has 1 saturated carbocycles. The van der Waals surface area contributed by atoms with E-state index in [1.54, 1.807) is 0 Å². The van der Waals surface area contributed by atoms with Gasteiger partial charge in [-0.1, -0.05) is 0 Å². The zero-order valence-corrected chi connectivity index (χ0v) is 18.7. The number of aliphatic hydroxyl groups is 1. The Labute approximate surface area is 183 Å². The Bertz CT molecular complexity index is 847. The maximum absolute atomic E-state index is 9.60. The first-order chi connectivity index (χ1) is 14.7. The fraction of sp³-hybridized carbons (Fsp3) is 0.625. The first kappa shape index (κ1) is 20.4. The minimum absolute atomic E-state index is 0.0852. The smallest absolute Gasteiger partial charge is 0.123 e. The van der Waals surface area contributed by atoms with Gasteiger partial charge in [0.15, 0.2) is 0 Å². The molecule has 0 amide bonds. The number of hydrogen-bond donors (Lipinski definition) is 1. The molecule has 1 aromatic carbocycles. The van der Waals surface area contributed by atoms with Crippen LogP contribution in [0, 0.1) is 0 Å². The second-order valence-electron chi connectivity index (χ2n) is 9.14. The predicted molar refractivity (Wildman–Crippen MR) is 121 cm³/mol. The van der Waals surface area contributed by atoms with Crippen LogP contribution in [0.2, 0.25) is 0 Å². The minimum Gasteiger partial charge on any atom is -0.494 e. The number of nitrogens with zero attached hydrogens (tertiary/aromatic N) is 3. The number of rotatable bonds is 7. The van der Waals surface area contributed by atoms with Crippen LogP contribution in [-0.4, -0.2) is 64.3 Å². The summed E-state index contributed by atoms with van der Waals surface area (Å²) in [6, 6.07) is 9.74. The number of ether oxygens (including phenoxy) is 1. The number of aromatic nitrogens is 1. The summed E-state index contributed by atoms with van der Waals surface area (Å²) >= 11 is 1.82. The van der Waals surface area contributed by atoms with Crippen molar-refractivity contribution in [3.8, 4) is 16.3 Å². The van der Waals surface area contributed by atoms with Crippen molar-refractivity contribution in [3.05, 3.63) is 34.8 Å². The van der Waals surface area contributed by atoms with Crippen LogP contribution < -0.4 is 4.74 Å². The third-order valence-electron chi connectivity index (χ3n) is 7.02. The zero-order chi connectivity index (χ0) is 20.5. The average molecular weight is 428 g/mol. The van der Waals surface area contributed by atoms with E-state index in [4.69, 9.17) is 9.72 Å². The fourth-order valence-electron chi connectivity index (χ4n) is 4.98. The highest BCUT2D eigenvalue weighted by atomic mass is 32.1. The van der Waals surface area contributed by atoms with E-state index in [-0.39, 0.29) is 6.10 Å². The molecule has 162 valence electrons. The van der Waals surface area contributed by atoms with Gasteiger partial charge in [0, 0.05) is 48.6 Å². The molecule has 1 N–H and O–H groups in total. The molecule has 1 atom stereocenters. The largest absolute Gasteiger partial charge is 0.494 e. The zero-order valence-electron chi connectivity index (χ0n) is 17.9.